The molecule has 0 saturated carbocycles. The van der Waals surface area contributed by atoms with E-state index in [1.165, 1.54) is 10.8 Å². The maximum absolute atomic E-state index is 9.79. The highest BCUT2D eigenvalue weighted by molar-refractivity contribution is 6.26. The van der Waals surface area contributed by atoms with E-state index in [1.54, 1.807) is 0 Å². The van der Waals surface area contributed by atoms with Crippen LogP contribution in [0.2, 0.25) is 0 Å². The van der Waals surface area contributed by atoms with Crippen molar-refractivity contribution in [1.29, 1.82) is 5.26 Å². The Morgan fingerprint density at radius 2 is 1.10 bits per heavy atom. The van der Waals surface area contributed by atoms with Crippen LogP contribution in [0.1, 0.15) is 5.56 Å². The molecule has 52 heavy (non-hydrogen) atoms. The van der Waals surface area contributed by atoms with Crippen LogP contribution >= 0.6 is 0 Å². The van der Waals surface area contributed by atoms with Crippen LogP contribution in [-0.2, 0) is 0 Å². The molecule has 0 aliphatic heterocycles. The fourth-order valence-electron chi connectivity index (χ4n) is 7.86. The lowest BCUT2D eigenvalue weighted by Gasteiger charge is -2.16. The number of para-hydroxylation sites is 3. The third-order valence-electron chi connectivity index (χ3n) is 10.1. The fourth-order valence-corrected chi connectivity index (χ4v) is 7.86. The van der Waals surface area contributed by atoms with Crippen LogP contribution in [0.4, 0.5) is 0 Å². The number of nitriles is 1. The Balaban J connectivity index is 1.31. The number of pyridine rings is 1. The smallest absolute Gasteiger partial charge is 0.0992 e. The number of fused-ring (bicyclic) bond motifs is 7. The molecule has 242 valence electrons. The van der Waals surface area contributed by atoms with Gasteiger partial charge in [-0.1, -0.05) is 127 Å². The van der Waals surface area contributed by atoms with Gasteiger partial charge in [0.25, 0.3) is 0 Å². The molecule has 0 saturated heterocycles. The van der Waals surface area contributed by atoms with E-state index in [-0.39, 0.29) is 0 Å². The highest BCUT2D eigenvalue weighted by Gasteiger charge is 2.22. The molecule has 0 N–H and O–H groups in total. The Hall–Kier alpha value is -7.22. The Morgan fingerprint density at radius 3 is 1.88 bits per heavy atom. The summed E-state index contributed by atoms with van der Waals surface area (Å²) in [5.41, 5.74) is 13.3. The van der Waals surface area contributed by atoms with Crippen LogP contribution < -0.4 is 0 Å². The summed E-state index contributed by atoms with van der Waals surface area (Å²) in [6.07, 6.45) is 0. The van der Waals surface area contributed by atoms with Gasteiger partial charge in [0, 0.05) is 38.4 Å². The van der Waals surface area contributed by atoms with Crippen LogP contribution in [0.25, 0.3) is 88.6 Å². The van der Waals surface area contributed by atoms with Crippen LogP contribution in [0.5, 0.6) is 0 Å². The van der Waals surface area contributed by atoms with Crippen molar-refractivity contribution >= 4 is 43.6 Å². The average molecular weight is 663 g/mol. The zero-order valence-electron chi connectivity index (χ0n) is 28.1. The van der Waals surface area contributed by atoms with Crippen LogP contribution in [0.15, 0.2) is 182 Å². The summed E-state index contributed by atoms with van der Waals surface area (Å²) >= 11 is 0. The number of benzene rings is 7. The summed E-state index contributed by atoms with van der Waals surface area (Å²) in [7, 11) is 0. The van der Waals surface area contributed by atoms with Crippen molar-refractivity contribution in [3.63, 3.8) is 0 Å². The quantitative estimate of drug-likeness (QED) is 0.184. The molecule has 0 aliphatic rings. The molecule has 0 unspecified atom stereocenters. The SMILES string of the molecule is N#Cc1cccc(-n2c3ccccc3c3c2ccc2c4ccccc4n(-c4ccccc4-c4cc(-c5ccccc5)cc(-c5ccccc5)n4)c23)c1. The molecule has 0 bridgehead atoms. The first kappa shape index (κ1) is 29.7. The van der Waals surface area contributed by atoms with Gasteiger partial charge < -0.3 is 9.13 Å². The second-order valence-electron chi connectivity index (χ2n) is 13.1. The normalized spacial score (nSPS) is 11.4. The number of aromatic nitrogens is 3. The third kappa shape index (κ3) is 4.65. The van der Waals surface area contributed by atoms with Crippen LogP contribution in [0.3, 0.4) is 0 Å². The summed E-state index contributed by atoms with van der Waals surface area (Å²) in [5.74, 6) is 0. The lowest BCUT2D eigenvalue weighted by Crippen LogP contribution is -2.00. The Morgan fingerprint density at radius 1 is 0.442 bits per heavy atom. The molecule has 3 aromatic heterocycles. The minimum Gasteiger partial charge on any atom is -0.309 e. The monoisotopic (exact) mass is 662 g/mol. The first-order chi connectivity index (χ1) is 25.8. The summed E-state index contributed by atoms with van der Waals surface area (Å²) < 4.78 is 4.72. The van der Waals surface area contributed by atoms with Crippen molar-refractivity contribution in [2.45, 2.75) is 0 Å². The van der Waals surface area contributed by atoms with E-state index in [1.807, 2.05) is 24.3 Å². The maximum Gasteiger partial charge on any atom is 0.0992 e. The molecule has 10 rings (SSSR count). The molecule has 0 radical (unpaired) electrons. The minimum absolute atomic E-state index is 0.632. The summed E-state index contributed by atoms with van der Waals surface area (Å²) in [6.45, 7) is 0. The van der Waals surface area contributed by atoms with E-state index in [4.69, 9.17) is 4.98 Å². The zero-order valence-corrected chi connectivity index (χ0v) is 28.1. The van der Waals surface area contributed by atoms with Gasteiger partial charge in [-0.2, -0.15) is 5.26 Å². The number of rotatable bonds is 5. The van der Waals surface area contributed by atoms with E-state index < -0.39 is 0 Å². The molecule has 0 atom stereocenters. The van der Waals surface area contributed by atoms with Crippen LogP contribution in [0, 0.1) is 11.3 Å². The average Bonchev–Trinajstić information content (AvgIpc) is 3.74. The fraction of sp³-hybridized carbons (Fsp3) is 0. The van der Waals surface area contributed by atoms with Gasteiger partial charge in [-0.25, -0.2) is 4.98 Å². The minimum atomic E-state index is 0.632. The van der Waals surface area contributed by atoms with Crippen molar-refractivity contribution in [2.75, 3.05) is 0 Å². The van der Waals surface area contributed by atoms with Crippen molar-refractivity contribution in [2.24, 2.45) is 0 Å². The molecule has 4 nitrogen and oxygen atoms in total. The van der Waals surface area contributed by atoms with E-state index in [9.17, 15) is 5.26 Å². The second-order valence-corrected chi connectivity index (χ2v) is 13.1. The lowest BCUT2D eigenvalue weighted by molar-refractivity contribution is 1.17. The molecule has 10 aromatic rings. The van der Waals surface area contributed by atoms with Crippen molar-refractivity contribution in [3.8, 4) is 51.1 Å². The first-order valence-corrected chi connectivity index (χ1v) is 17.5. The Labute approximate surface area is 300 Å². The van der Waals surface area contributed by atoms with Gasteiger partial charge in [0.05, 0.1) is 50.8 Å². The molecule has 0 spiro atoms. The topological polar surface area (TPSA) is 46.5 Å². The maximum atomic E-state index is 9.79. The number of hydrogen-bond acceptors (Lipinski definition) is 2. The Bertz CT molecular complexity index is 2960. The van der Waals surface area contributed by atoms with Gasteiger partial charge in [0.15, 0.2) is 0 Å². The molecule has 0 amide bonds. The van der Waals surface area contributed by atoms with Gasteiger partial charge in [0.2, 0.25) is 0 Å². The molecule has 0 aliphatic carbocycles. The third-order valence-corrected chi connectivity index (χ3v) is 10.1. The number of nitrogens with zero attached hydrogens (tertiary/aromatic N) is 4. The van der Waals surface area contributed by atoms with E-state index >= 15 is 0 Å². The van der Waals surface area contributed by atoms with Gasteiger partial charge in [-0.05, 0) is 65.7 Å². The molecular formula is C48H30N4. The summed E-state index contributed by atoms with van der Waals surface area (Å²) in [5, 5.41) is 14.5. The van der Waals surface area contributed by atoms with Crippen molar-refractivity contribution in [1.82, 2.24) is 14.1 Å². The highest BCUT2D eigenvalue weighted by atomic mass is 15.0. The molecule has 0 fully saturated rings. The highest BCUT2D eigenvalue weighted by Crippen LogP contribution is 2.43. The summed E-state index contributed by atoms with van der Waals surface area (Å²) in [6, 6.07) is 66.0. The van der Waals surface area contributed by atoms with Crippen molar-refractivity contribution in [3.05, 3.63) is 188 Å². The largest absolute Gasteiger partial charge is 0.309 e. The predicted octanol–water partition coefficient (Wildman–Crippen LogP) is 12.1. The van der Waals surface area contributed by atoms with E-state index in [2.05, 4.69) is 173 Å². The second kappa shape index (κ2) is 12.0. The summed E-state index contributed by atoms with van der Waals surface area (Å²) in [4.78, 5) is 5.36. The first-order valence-electron chi connectivity index (χ1n) is 17.5. The predicted molar refractivity (Wildman–Crippen MR) is 214 cm³/mol. The van der Waals surface area contributed by atoms with Gasteiger partial charge in [0.1, 0.15) is 0 Å². The molecule has 7 aromatic carbocycles. The van der Waals surface area contributed by atoms with E-state index in [0.29, 0.717) is 5.56 Å². The van der Waals surface area contributed by atoms with Gasteiger partial charge in [-0.3, -0.25) is 0 Å². The molecular weight excluding hydrogens is 633 g/mol. The zero-order chi connectivity index (χ0) is 34.6. The standard InChI is InChI=1S/C48H30N4/c49-31-32-14-13-19-36(28-32)51-45-25-12-9-22-40(45)47-46(51)27-26-38-37-20-7-10-23-43(37)52(48(38)47)44-24-11-8-21-39(44)42-30-35(33-15-3-1-4-16-33)29-41(50-42)34-17-5-2-6-18-34/h1-30H. The van der Waals surface area contributed by atoms with Gasteiger partial charge in [-0.15, -0.1) is 0 Å². The molecule has 3 heterocycles. The number of hydrogen-bond donors (Lipinski definition) is 0. The van der Waals surface area contributed by atoms with Gasteiger partial charge >= 0.3 is 0 Å². The lowest BCUT2D eigenvalue weighted by atomic mass is 9.99. The Kier molecular flexibility index (Phi) is 6.84. The molecule has 4 heteroatoms. The van der Waals surface area contributed by atoms with E-state index in [0.717, 1.165) is 77.9 Å². The van der Waals surface area contributed by atoms with Crippen molar-refractivity contribution < 1.29 is 0 Å². The van der Waals surface area contributed by atoms with Crippen LogP contribution in [-0.4, -0.2) is 14.1 Å².